The van der Waals surface area contributed by atoms with Gasteiger partial charge in [-0.25, -0.2) is 38.7 Å². The highest BCUT2D eigenvalue weighted by Crippen LogP contribution is 2.53. The largest absolute Gasteiger partial charge is 0.780 e. The molecule has 3 unspecified atom stereocenters. The molecule has 3 aliphatic heterocycles. The molecule has 4 aromatic heterocycles. The van der Waals surface area contributed by atoms with Crippen molar-refractivity contribution in [1.29, 1.82) is 0 Å². The fourth-order valence-corrected chi connectivity index (χ4v) is 7.62. The molecule has 3 aliphatic rings. The number of nitrogens with zero attached hydrogens (tertiary/aromatic N) is 8. The summed E-state index contributed by atoms with van der Waals surface area (Å²) in [5, 5.41) is 0. The molecular formula is C20H20BF2N10O8P2S-. The van der Waals surface area contributed by atoms with Gasteiger partial charge in [-0.1, -0.05) is 11.8 Å². The Balaban J connectivity index is 1.17. The summed E-state index contributed by atoms with van der Waals surface area (Å²) in [6.07, 6.45) is -8.51. The highest BCUT2D eigenvalue weighted by atomic mass is 32.5. The summed E-state index contributed by atoms with van der Waals surface area (Å²) in [6, 6.07) is 0. The number of nitrogen functional groups attached to an aromatic ring is 2. The maximum absolute atomic E-state index is 15.9. The standard InChI is InChI=1S/C20H21BF2N10O8P2S/c21-42(34)36-1-7-14(10(23)20(38-7)33-6-31-12-16(25)27-4-29-18(12)33)41-43(35,44)37-2-8-13(40-42)9(22)19(39-8)32-5-30-11-15(24)26-3-28-17(11)32/h3-10,13-14,19-20H,1-2H2,(H,35,44)(H2,24,26,28)(H2,25,27,29)/p-1/t7-,8-,9+,10+,13?,14?,19-,20-,42+,43?/m1/s1. The van der Waals surface area contributed by atoms with Gasteiger partial charge < -0.3 is 43.9 Å². The molecule has 0 aromatic carbocycles. The van der Waals surface area contributed by atoms with Crippen LogP contribution in [0, 0.1) is 0 Å². The first-order chi connectivity index (χ1) is 20.9. The first kappa shape index (κ1) is 29.9. The molecule has 3 fully saturated rings. The summed E-state index contributed by atoms with van der Waals surface area (Å²) < 4.78 is 80.6. The van der Waals surface area contributed by atoms with Crippen LogP contribution in [-0.2, 0) is 43.9 Å². The van der Waals surface area contributed by atoms with Crippen molar-refractivity contribution in [3.63, 3.8) is 0 Å². The molecule has 232 valence electrons. The quantitative estimate of drug-likeness (QED) is 0.210. The van der Waals surface area contributed by atoms with Gasteiger partial charge in [-0.15, -0.1) is 0 Å². The number of rotatable bonds is 2. The van der Waals surface area contributed by atoms with Crippen LogP contribution in [0.15, 0.2) is 25.3 Å². The van der Waals surface area contributed by atoms with E-state index in [4.69, 9.17) is 58.4 Å². The minimum atomic E-state index is -4.59. The number of halogens is 2. The number of hydrogen-bond donors (Lipinski definition) is 2. The minimum absolute atomic E-state index is 0.0390. The predicted octanol–water partition coefficient (Wildman–Crippen LogP) is -0.0198. The molecule has 3 saturated heterocycles. The molecule has 4 N–H and O–H groups in total. The second-order valence-corrected chi connectivity index (χ2v) is 14.2. The molecule has 2 radical (unpaired) electrons. The molecule has 10 atom stereocenters. The number of fused-ring (bicyclic) bond motifs is 4. The van der Waals surface area contributed by atoms with E-state index in [2.05, 4.69) is 29.9 Å². The van der Waals surface area contributed by atoms with Gasteiger partial charge in [-0.3, -0.25) is 13.7 Å². The van der Waals surface area contributed by atoms with E-state index in [0.717, 1.165) is 12.7 Å². The average molecular weight is 671 g/mol. The Bertz CT molecular complexity index is 1710. The predicted molar refractivity (Wildman–Crippen MR) is 146 cm³/mol. The second-order valence-electron chi connectivity index (χ2n) is 9.90. The Hall–Kier alpha value is -2.78. The van der Waals surface area contributed by atoms with Gasteiger partial charge in [-0.2, -0.15) is 0 Å². The molecule has 0 bridgehead atoms. The van der Waals surface area contributed by atoms with Crippen molar-refractivity contribution in [2.75, 3.05) is 24.7 Å². The first-order valence-electron chi connectivity index (χ1n) is 12.7. The number of hydrogen-bond acceptors (Lipinski definition) is 17. The average Bonchev–Trinajstić information content (AvgIpc) is 3.73. The Labute approximate surface area is 251 Å². The van der Waals surface area contributed by atoms with Crippen LogP contribution in [0.2, 0.25) is 0 Å². The van der Waals surface area contributed by atoms with Crippen molar-refractivity contribution in [2.24, 2.45) is 0 Å². The smallest absolute Gasteiger partial charge is 0.264 e. The van der Waals surface area contributed by atoms with E-state index in [1.807, 2.05) is 0 Å². The topological polar surface area (TPSA) is 235 Å². The SMILES string of the molecule is [B][P@]1(=O)OC[C@H]2O[C@@H](n3cnc4c(N)ncnc43)[C@@H](F)C2OP([O-])(=S)OC[C@H]2O[C@@H](n3cnc4c(N)ncnc43)[C@@H](F)C2O1. The highest BCUT2D eigenvalue weighted by molar-refractivity contribution is 8.06. The Morgan fingerprint density at radius 2 is 1.32 bits per heavy atom. The molecule has 7 rings (SSSR count). The van der Waals surface area contributed by atoms with E-state index in [1.54, 1.807) is 0 Å². The summed E-state index contributed by atoms with van der Waals surface area (Å²) >= 11 is 5.03. The second kappa shape index (κ2) is 10.9. The van der Waals surface area contributed by atoms with Crippen molar-refractivity contribution in [2.45, 2.75) is 49.2 Å². The molecular weight excluding hydrogens is 651 g/mol. The molecule has 7 heterocycles. The maximum Gasteiger partial charge on any atom is 0.264 e. The number of aromatic nitrogens is 8. The van der Waals surface area contributed by atoms with Crippen LogP contribution in [0.25, 0.3) is 22.3 Å². The third-order valence-corrected chi connectivity index (χ3v) is 9.78. The molecule has 4 aromatic rings. The van der Waals surface area contributed by atoms with E-state index < -0.39 is 76.6 Å². The summed E-state index contributed by atoms with van der Waals surface area (Å²) in [4.78, 5) is 37.2. The summed E-state index contributed by atoms with van der Waals surface area (Å²) in [7, 11) is 1.23. The van der Waals surface area contributed by atoms with Gasteiger partial charge in [0.15, 0.2) is 47.7 Å². The molecule has 0 aliphatic carbocycles. The van der Waals surface area contributed by atoms with Gasteiger partial charge in [0.05, 0.1) is 25.9 Å². The number of imidazole rings is 2. The Morgan fingerprint density at radius 1 is 0.841 bits per heavy atom. The molecule has 44 heavy (non-hydrogen) atoms. The Kier molecular flexibility index (Phi) is 7.43. The monoisotopic (exact) mass is 671 g/mol. The van der Waals surface area contributed by atoms with Gasteiger partial charge in [-0.05, 0) is 0 Å². The van der Waals surface area contributed by atoms with Gasteiger partial charge in [0.2, 0.25) is 7.57 Å². The summed E-state index contributed by atoms with van der Waals surface area (Å²) in [5.41, 5.74) is 12.2. The minimum Gasteiger partial charge on any atom is -0.780 e. The highest BCUT2D eigenvalue weighted by Gasteiger charge is 2.53. The fourth-order valence-electron chi connectivity index (χ4n) is 5.19. The maximum atomic E-state index is 15.9. The van der Waals surface area contributed by atoms with Crippen LogP contribution in [0.1, 0.15) is 12.5 Å². The zero-order valence-corrected chi connectivity index (χ0v) is 24.6. The number of alkyl halides is 2. The number of anilines is 2. The zero-order chi connectivity index (χ0) is 31.0. The molecule has 24 heteroatoms. The van der Waals surface area contributed by atoms with Crippen molar-refractivity contribution in [3.8, 4) is 0 Å². The Morgan fingerprint density at radius 3 is 1.84 bits per heavy atom. The summed E-state index contributed by atoms with van der Waals surface area (Å²) in [5.74, 6) is 0.0785. The van der Waals surface area contributed by atoms with Gasteiger partial charge in [0.25, 0.3) is 7.47 Å². The van der Waals surface area contributed by atoms with Crippen LogP contribution < -0.4 is 16.4 Å². The third-order valence-electron chi connectivity index (χ3n) is 7.19. The van der Waals surface area contributed by atoms with E-state index >= 15 is 8.78 Å². The van der Waals surface area contributed by atoms with Crippen LogP contribution in [-0.4, -0.2) is 96.6 Å². The lowest BCUT2D eigenvalue weighted by Gasteiger charge is -2.35. The van der Waals surface area contributed by atoms with Crippen LogP contribution >= 0.6 is 14.2 Å². The van der Waals surface area contributed by atoms with Gasteiger partial charge in [0, 0.05) is 0 Å². The van der Waals surface area contributed by atoms with E-state index in [-0.39, 0.29) is 34.0 Å². The molecule has 0 amide bonds. The van der Waals surface area contributed by atoms with Crippen LogP contribution in [0.4, 0.5) is 20.4 Å². The van der Waals surface area contributed by atoms with Crippen LogP contribution in [0.5, 0.6) is 0 Å². The lowest BCUT2D eigenvalue weighted by atomic mass is 10.1. The molecule has 0 saturated carbocycles. The number of ether oxygens (including phenoxy) is 2. The lowest BCUT2D eigenvalue weighted by molar-refractivity contribution is -0.217. The van der Waals surface area contributed by atoms with Crippen LogP contribution in [0.3, 0.4) is 0 Å². The van der Waals surface area contributed by atoms with Crippen molar-refractivity contribution >= 4 is 67.5 Å². The third kappa shape index (κ3) is 5.18. The van der Waals surface area contributed by atoms with Gasteiger partial charge in [0.1, 0.15) is 54.8 Å². The van der Waals surface area contributed by atoms with Crippen molar-refractivity contribution < 1.29 is 45.8 Å². The van der Waals surface area contributed by atoms with E-state index in [9.17, 15) is 9.46 Å². The fraction of sp³-hybridized carbons (Fsp3) is 0.500. The first-order valence-corrected chi connectivity index (χ1v) is 16.9. The summed E-state index contributed by atoms with van der Waals surface area (Å²) in [6.45, 7) is -5.92. The van der Waals surface area contributed by atoms with E-state index in [1.165, 1.54) is 21.8 Å². The lowest BCUT2D eigenvalue weighted by Crippen LogP contribution is -2.38. The van der Waals surface area contributed by atoms with Crippen molar-refractivity contribution in [1.82, 2.24) is 39.0 Å². The van der Waals surface area contributed by atoms with E-state index in [0.29, 0.717) is 0 Å². The van der Waals surface area contributed by atoms with Crippen molar-refractivity contribution in [3.05, 3.63) is 25.3 Å². The normalized spacial score (nSPS) is 38.2. The zero-order valence-electron chi connectivity index (χ0n) is 22.0. The number of nitrogens with two attached hydrogens (primary N) is 2. The molecule has 0 spiro atoms. The van der Waals surface area contributed by atoms with Gasteiger partial charge >= 0.3 is 0 Å². The molecule has 18 nitrogen and oxygen atoms in total.